The summed E-state index contributed by atoms with van der Waals surface area (Å²) in [7, 11) is -1.27. The van der Waals surface area contributed by atoms with Gasteiger partial charge in [-0.05, 0) is 18.4 Å². The minimum Gasteiger partial charge on any atom is -0.377 e. The fourth-order valence-electron chi connectivity index (χ4n) is 1.70. The molecule has 0 saturated heterocycles. The van der Waals surface area contributed by atoms with Crippen LogP contribution in [0.25, 0.3) is 0 Å². The van der Waals surface area contributed by atoms with Gasteiger partial charge in [-0.1, -0.05) is 44.2 Å². The highest BCUT2D eigenvalue weighted by atomic mass is 28.4. The van der Waals surface area contributed by atoms with Crippen LogP contribution in [0.5, 0.6) is 0 Å². The number of rotatable bonds is 9. The Bertz CT molecular complexity index is 347. The van der Waals surface area contributed by atoms with Crippen LogP contribution in [-0.2, 0) is 19.3 Å². The highest BCUT2D eigenvalue weighted by molar-refractivity contribution is 6.60. The summed E-state index contributed by atoms with van der Waals surface area (Å²) < 4.78 is 17.1. The first-order valence-electron chi connectivity index (χ1n) is 6.74. The van der Waals surface area contributed by atoms with Gasteiger partial charge in [-0.25, -0.2) is 0 Å². The van der Waals surface area contributed by atoms with Crippen LogP contribution in [0.3, 0.4) is 0 Å². The average molecular weight is 284 g/mol. The molecule has 0 amide bonds. The third kappa shape index (κ3) is 5.42. The minimum atomic E-state index is -2.87. The Hall–Kier alpha value is -0.723. The fraction of sp³-hybridized carbons (Fsp3) is 0.571. The molecule has 0 heterocycles. The van der Waals surface area contributed by atoms with E-state index in [4.69, 9.17) is 13.3 Å². The first-order chi connectivity index (χ1) is 9.15. The molecule has 1 rings (SSSR count). The topological polar surface area (TPSA) is 47.9 Å². The molecule has 1 N–H and O–H groups in total. The molecule has 2 atom stereocenters. The van der Waals surface area contributed by atoms with Crippen molar-refractivity contribution in [2.75, 3.05) is 13.7 Å². The monoisotopic (exact) mass is 284 g/mol. The molecule has 4 nitrogen and oxygen atoms in total. The molecular formula is C14H24O4Si. The van der Waals surface area contributed by atoms with Crippen LogP contribution in [0.2, 0.25) is 0 Å². The molecule has 0 aliphatic rings. The zero-order valence-electron chi connectivity index (χ0n) is 12.0. The molecule has 0 bridgehead atoms. The van der Waals surface area contributed by atoms with E-state index in [-0.39, 0.29) is 0 Å². The second-order valence-corrected chi connectivity index (χ2v) is 7.03. The van der Waals surface area contributed by atoms with E-state index in [1.165, 1.54) is 0 Å². The highest BCUT2D eigenvalue weighted by Gasteiger charge is 2.42. The molecule has 0 saturated carbocycles. The molecule has 2 unspecified atom stereocenters. The molecule has 108 valence electrons. The third-order valence-corrected chi connectivity index (χ3v) is 5.50. The smallest absolute Gasteiger partial charge is 0.377 e. The number of hydrogen-bond acceptors (Lipinski definition) is 4. The van der Waals surface area contributed by atoms with Crippen LogP contribution in [0.1, 0.15) is 32.3 Å². The van der Waals surface area contributed by atoms with Crippen molar-refractivity contribution in [3.8, 4) is 0 Å². The zero-order chi connectivity index (χ0) is 14.1. The van der Waals surface area contributed by atoms with E-state index in [0.29, 0.717) is 19.1 Å². The van der Waals surface area contributed by atoms with Crippen molar-refractivity contribution < 1.29 is 18.4 Å². The van der Waals surface area contributed by atoms with Crippen molar-refractivity contribution >= 4 is 8.80 Å². The maximum Gasteiger partial charge on any atom is 0.507 e. The van der Waals surface area contributed by atoms with Crippen molar-refractivity contribution in [2.45, 2.75) is 39.0 Å². The number of benzene rings is 1. The van der Waals surface area contributed by atoms with Gasteiger partial charge in [0.25, 0.3) is 0 Å². The van der Waals surface area contributed by atoms with Crippen molar-refractivity contribution in [1.82, 2.24) is 0 Å². The van der Waals surface area contributed by atoms with E-state index in [0.717, 1.165) is 12.0 Å². The van der Waals surface area contributed by atoms with E-state index < -0.39 is 15.1 Å². The zero-order valence-corrected chi connectivity index (χ0v) is 13.0. The second kappa shape index (κ2) is 8.45. The second-order valence-electron chi connectivity index (χ2n) is 4.38. The van der Waals surface area contributed by atoms with E-state index in [1.54, 1.807) is 7.11 Å². The summed E-state index contributed by atoms with van der Waals surface area (Å²) in [4.78, 5) is 0. The lowest BCUT2D eigenvalue weighted by Crippen LogP contribution is -2.50. The number of hydrogen-bond donors (Lipinski definition) is 1. The predicted molar refractivity (Wildman–Crippen MR) is 76.5 cm³/mol. The molecule has 0 aliphatic carbocycles. The van der Waals surface area contributed by atoms with Crippen LogP contribution < -0.4 is 0 Å². The average Bonchev–Trinajstić information content (AvgIpc) is 2.45. The largest absolute Gasteiger partial charge is 0.507 e. The Morgan fingerprint density at radius 1 is 1.21 bits per heavy atom. The van der Waals surface area contributed by atoms with Crippen LogP contribution in [0.4, 0.5) is 0 Å². The van der Waals surface area contributed by atoms with Crippen molar-refractivity contribution in [1.29, 1.82) is 0 Å². The molecular weight excluding hydrogens is 260 g/mol. The van der Waals surface area contributed by atoms with Crippen LogP contribution in [0.15, 0.2) is 30.3 Å². The standard InChI is InChI=1S/C14H24O4Si/c1-4-11-17-19(16-3,18-14(15)5-2)12-13-9-7-6-8-10-13/h6-10,14-15H,4-5,11-12H2,1-3H3. The van der Waals surface area contributed by atoms with Crippen molar-refractivity contribution in [2.24, 2.45) is 0 Å². The fourth-order valence-corrected chi connectivity index (χ4v) is 4.14. The summed E-state index contributed by atoms with van der Waals surface area (Å²) in [5.74, 6) is 0. The van der Waals surface area contributed by atoms with Crippen LogP contribution in [-0.4, -0.2) is 33.9 Å². The van der Waals surface area contributed by atoms with Crippen LogP contribution in [0, 0.1) is 0 Å². The van der Waals surface area contributed by atoms with E-state index in [2.05, 4.69) is 0 Å². The molecule has 5 heteroatoms. The normalized spacial score (nSPS) is 16.0. The van der Waals surface area contributed by atoms with Gasteiger partial charge in [-0.15, -0.1) is 0 Å². The molecule has 0 fully saturated rings. The Labute approximate surface area is 116 Å². The summed E-state index contributed by atoms with van der Waals surface area (Å²) in [5.41, 5.74) is 1.09. The third-order valence-electron chi connectivity index (χ3n) is 2.77. The van der Waals surface area contributed by atoms with Gasteiger partial charge in [0, 0.05) is 19.8 Å². The van der Waals surface area contributed by atoms with Gasteiger partial charge in [-0.3, -0.25) is 0 Å². The predicted octanol–water partition coefficient (Wildman–Crippen LogP) is 2.53. The van der Waals surface area contributed by atoms with E-state index in [9.17, 15) is 5.11 Å². The molecule has 0 radical (unpaired) electrons. The maximum atomic E-state index is 9.75. The maximum absolute atomic E-state index is 9.75. The molecule has 1 aromatic carbocycles. The van der Waals surface area contributed by atoms with Gasteiger partial charge in [0.2, 0.25) is 0 Å². The lowest BCUT2D eigenvalue weighted by Gasteiger charge is -2.30. The van der Waals surface area contributed by atoms with Gasteiger partial charge in [0.1, 0.15) is 6.29 Å². The highest BCUT2D eigenvalue weighted by Crippen LogP contribution is 2.18. The Balaban J connectivity index is 2.82. The molecule has 19 heavy (non-hydrogen) atoms. The van der Waals surface area contributed by atoms with Crippen molar-refractivity contribution in [3.63, 3.8) is 0 Å². The van der Waals surface area contributed by atoms with E-state index in [1.807, 2.05) is 44.2 Å². The van der Waals surface area contributed by atoms with Gasteiger partial charge in [0.05, 0.1) is 0 Å². The summed E-state index contributed by atoms with van der Waals surface area (Å²) >= 11 is 0. The molecule has 0 aliphatic heterocycles. The van der Waals surface area contributed by atoms with Crippen LogP contribution >= 0.6 is 0 Å². The van der Waals surface area contributed by atoms with Gasteiger partial charge < -0.3 is 18.4 Å². The molecule has 0 aromatic heterocycles. The summed E-state index contributed by atoms with van der Waals surface area (Å²) in [6, 6.07) is 10.5. The number of aliphatic hydroxyl groups excluding tert-OH is 1. The quantitative estimate of drug-likeness (QED) is 0.559. The molecule has 0 spiro atoms. The van der Waals surface area contributed by atoms with Gasteiger partial charge in [-0.2, -0.15) is 0 Å². The first-order valence-corrected chi connectivity index (χ1v) is 8.68. The molecule has 1 aromatic rings. The SMILES string of the molecule is CCCO[Si](Cc1ccccc1)(OC)OC(O)CC. The Morgan fingerprint density at radius 3 is 2.42 bits per heavy atom. The van der Waals surface area contributed by atoms with Gasteiger partial charge >= 0.3 is 8.80 Å². The lowest BCUT2D eigenvalue weighted by atomic mass is 10.2. The minimum absolute atomic E-state index is 0.516. The first kappa shape index (κ1) is 16.3. The lowest BCUT2D eigenvalue weighted by molar-refractivity contribution is -0.0755. The Kier molecular flexibility index (Phi) is 7.26. The summed E-state index contributed by atoms with van der Waals surface area (Å²) in [5, 5.41) is 9.75. The van der Waals surface area contributed by atoms with E-state index >= 15 is 0 Å². The van der Waals surface area contributed by atoms with Gasteiger partial charge in [0.15, 0.2) is 0 Å². The number of aliphatic hydroxyl groups is 1. The summed E-state index contributed by atoms with van der Waals surface area (Å²) in [6.07, 6.45) is 0.563. The Morgan fingerprint density at radius 2 is 1.89 bits per heavy atom. The van der Waals surface area contributed by atoms with Crippen molar-refractivity contribution in [3.05, 3.63) is 35.9 Å². The summed E-state index contributed by atoms with van der Waals surface area (Å²) in [6.45, 7) is 4.47.